The Morgan fingerprint density at radius 3 is 2.73 bits per heavy atom. The Bertz CT molecular complexity index is 752. The highest BCUT2D eigenvalue weighted by atomic mass is 16.5. The number of likely N-dealkylation sites (tertiary alicyclic amines) is 1. The summed E-state index contributed by atoms with van der Waals surface area (Å²) >= 11 is 0. The number of pyridine rings is 1. The van der Waals surface area contributed by atoms with Gasteiger partial charge in [-0.1, -0.05) is 36.4 Å². The summed E-state index contributed by atoms with van der Waals surface area (Å²) in [5.41, 5.74) is 1.90. The van der Waals surface area contributed by atoms with Crippen molar-refractivity contribution in [2.75, 3.05) is 19.7 Å². The van der Waals surface area contributed by atoms with E-state index >= 15 is 0 Å². The first-order valence-corrected chi connectivity index (χ1v) is 9.24. The number of aromatic nitrogens is 1. The molecule has 0 unspecified atom stereocenters. The molecule has 2 aromatic rings. The summed E-state index contributed by atoms with van der Waals surface area (Å²) in [6.07, 6.45) is 2.75. The monoisotopic (exact) mass is 351 g/mol. The Hall–Kier alpha value is -2.24. The number of nitrogens with zero attached hydrogens (tertiary/aromatic N) is 3. The zero-order valence-electron chi connectivity index (χ0n) is 15.2. The van der Waals surface area contributed by atoms with Gasteiger partial charge < -0.3 is 9.64 Å². The highest BCUT2D eigenvalue weighted by Crippen LogP contribution is 2.34. The number of carbonyl (C=O) groups excluding carboxylic acids is 1. The summed E-state index contributed by atoms with van der Waals surface area (Å²) in [6.45, 7) is 5.54. The fraction of sp³-hybridized carbons (Fsp3) is 0.429. The molecule has 1 amide bonds. The topological polar surface area (TPSA) is 45.7 Å². The van der Waals surface area contributed by atoms with Gasteiger partial charge in [-0.25, -0.2) is 0 Å². The minimum atomic E-state index is -0.338. The Labute approximate surface area is 154 Å². The van der Waals surface area contributed by atoms with Gasteiger partial charge in [0.2, 0.25) is 5.91 Å². The second kappa shape index (κ2) is 7.17. The Morgan fingerprint density at radius 2 is 1.96 bits per heavy atom. The lowest BCUT2D eigenvalue weighted by atomic mass is 9.85. The zero-order chi connectivity index (χ0) is 18.0. The molecule has 2 aliphatic heterocycles. The lowest BCUT2D eigenvalue weighted by Crippen LogP contribution is -2.67. The molecule has 2 fully saturated rings. The molecule has 2 atom stereocenters. The highest BCUT2D eigenvalue weighted by Gasteiger charge is 2.48. The van der Waals surface area contributed by atoms with Gasteiger partial charge in [0, 0.05) is 32.4 Å². The van der Waals surface area contributed by atoms with E-state index in [4.69, 9.17) is 4.74 Å². The molecule has 2 saturated heterocycles. The molecular weight excluding hydrogens is 326 g/mol. The van der Waals surface area contributed by atoms with Crippen LogP contribution in [0.2, 0.25) is 0 Å². The third-order valence-corrected chi connectivity index (χ3v) is 5.49. The standard InChI is InChI=1S/C21H25N3O2/c1-21-16-23(14-18-9-5-6-11-22-18)12-10-19(21)24(20(25)15-26-21)13-17-7-3-2-4-8-17/h2-9,11,19H,10,12-16H2,1H3/t19-,21-/m1/s1. The summed E-state index contributed by atoms with van der Waals surface area (Å²) in [5, 5.41) is 0. The fourth-order valence-electron chi connectivity index (χ4n) is 4.18. The molecule has 3 heterocycles. The Balaban J connectivity index is 1.48. The van der Waals surface area contributed by atoms with Gasteiger partial charge >= 0.3 is 0 Å². The van der Waals surface area contributed by atoms with Crippen LogP contribution in [0.1, 0.15) is 24.6 Å². The maximum atomic E-state index is 12.5. The molecule has 2 aliphatic rings. The summed E-state index contributed by atoms with van der Waals surface area (Å²) in [7, 11) is 0. The van der Waals surface area contributed by atoms with Gasteiger partial charge in [0.15, 0.2) is 0 Å². The number of hydrogen-bond donors (Lipinski definition) is 0. The minimum absolute atomic E-state index is 0.0921. The molecule has 0 aliphatic carbocycles. The average Bonchev–Trinajstić information content (AvgIpc) is 2.66. The quantitative estimate of drug-likeness (QED) is 0.849. The summed E-state index contributed by atoms with van der Waals surface area (Å²) in [6, 6.07) is 16.3. The van der Waals surface area contributed by atoms with Crippen LogP contribution in [0.4, 0.5) is 0 Å². The summed E-state index contributed by atoms with van der Waals surface area (Å²) in [4.78, 5) is 21.4. The van der Waals surface area contributed by atoms with Crippen LogP contribution in [0.5, 0.6) is 0 Å². The van der Waals surface area contributed by atoms with Gasteiger partial charge in [0.05, 0.1) is 17.3 Å². The Kier molecular flexibility index (Phi) is 4.74. The van der Waals surface area contributed by atoms with Crippen molar-refractivity contribution in [2.24, 2.45) is 0 Å². The van der Waals surface area contributed by atoms with E-state index in [0.717, 1.165) is 31.7 Å². The number of fused-ring (bicyclic) bond motifs is 1. The van der Waals surface area contributed by atoms with E-state index in [0.29, 0.717) is 6.54 Å². The number of ether oxygens (including phenoxy) is 1. The molecule has 26 heavy (non-hydrogen) atoms. The molecule has 0 saturated carbocycles. The summed E-state index contributed by atoms with van der Waals surface area (Å²) in [5.74, 6) is 0.0921. The molecule has 0 spiro atoms. The molecule has 0 bridgehead atoms. The molecule has 1 aromatic heterocycles. The minimum Gasteiger partial charge on any atom is -0.362 e. The first-order valence-electron chi connectivity index (χ1n) is 9.24. The van der Waals surface area contributed by atoms with E-state index in [2.05, 4.69) is 35.0 Å². The lowest BCUT2D eigenvalue weighted by Gasteiger charge is -2.53. The fourth-order valence-corrected chi connectivity index (χ4v) is 4.18. The van der Waals surface area contributed by atoms with Crippen LogP contribution in [0.3, 0.4) is 0 Å². The predicted molar refractivity (Wildman–Crippen MR) is 99.3 cm³/mol. The smallest absolute Gasteiger partial charge is 0.249 e. The van der Waals surface area contributed by atoms with E-state index in [1.807, 2.05) is 41.4 Å². The van der Waals surface area contributed by atoms with E-state index in [9.17, 15) is 4.79 Å². The first-order chi connectivity index (χ1) is 12.6. The molecular formula is C21H25N3O2. The van der Waals surface area contributed by atoms with Gasteiger partial charge in [-0.15, -0.1) is 0 Å². The van der Waals surface area contributed by atoms with E-state index in [-0.39, 0.29) is 24.2 Å². The van der Waals surface area contributed by atoms with Crippen molar-refractivity contribution in [3.05, 3.63) is 66.0 Å². The number of morpholine rings is 1. The normalized spacial score (nSPS) is 26.6. The van der Waals surface area contributed by atoms with Gasteiger partial charge in [-0.3, -0.25) is 14.7 Å². The van der Waals surface area contributed by atoms with Crippen LogP contribution in [-0.4, -0.2) is 52.0 Å². The van der Waals surface area contributed by atoms with Crippen molar-refractivity contribution < 1.29 is 9.53 Å². The van der Waals surface area contributed by atoms with E-state index < -0.39 is 0 Å². The first kappa shape index (κ1) is 17.2. The molecule has 5 nitrogen and oxygen atoms in total. The van der Waals surface area contributed by atoms with E-state index in [1.165, 1.54) is 5.56 Å². The van der Waals surface area contributed by atoms with Crippen molar-refractivity contribution in [2.45, 2.75) is 38.1 Å². The van der Waals surface area contributed by atoms with Crippen molar-refractivity contribution in [3.8, 4) is 0 Å². The molecule has 5 heteroatoms. The number of amides is 1. The number of rotatable bonds is 4. The van der Waals surface area contributed by atoms with Crippen LogP contribution in [0.25, 0.3) is 0 Å². The maximum absolute atomic E-state index is 12.5. The van der Waals surface area contributed by atoms with Gasteiger partial charge in [0.1, 0.15) is 6.61 Å². The average molecular weight is 351 g/mol. The molecule has 0 radical (unpaired) electrons. The van der Waals surface area contributed by atoms with E-state index in [1.54, 1.807) is 0 Å². The lowest BCUT2D eigenvalue weighted by molar-refractivity contribution is -0.189. The zero-order valence-corrected chi connectivity index (χ0v) is 15.2. The molecule has 0 N–H and O–H groups in total. The second-order valence-electron chi connectivity index (χ2n) is 7.44. The number of hydrogen-bond acceptors (Lipinski definition) is 4. The summed E-state index contributed by atoms with van der Waals surface area (Å²) < 4.78 is 6.06. The third kappa shape index (κ3) is 3.50. The molecule has 136 valence electrons. The van der Waals surface area contributed by atoms with Crippen molar-refractivity contribution in [3.63, 3.8) is 0 Å². The van der Waals surface area contributed by atoms with Crippen molar-refractivity contribution >= 4 is 5.91 Å². The van der Waals surface area contributed by atoms with Gasteiger partial charge in [-0.2, -0.15) is 0 Å². The van der Waals surface area contributed by atoms with Crippen LogP contribution >= 0.6 is 0 Å². The highest BCUT2D eigenvalue weighted by molar-refractivity contribution is 5.79. The second-order valence-corrected chi connectivity index (χ2v) is 7.44. The van der Waals surface area contributed by atoms with Gasteiger partial charge in [-0.05, 0) is 31.0 Å². The number of piperidine rings is 1. The maximum Gasteiger partial charge on any atom is 0.249 e. The predicted octanol–water partition coefficient (Wildman–Crippen LogP) is 2.47. The largest absolute Gasteiger partial charge is 0.362 e. The van der Waals surface area contributed by atoms with Gasteiger partial charge in [0.25, 0.3) is 0 Å². The number of carbonyl (C=O) groups is 1. The molecule has 1 aromatic carbocycles. The number of benzene rings is 1. The van der Waals surface area contributed by atoms with Crippen LogP contribution in [0, 0.1) is 0 Å². The van der Waals surface area contributed by atoms with Crippen LogP contribution < -0.4 is 0 Å². The van der Waals surface area contributed by atoms with Crippen LogP contribution in [0.15, 0.2) is 54.7 Å². The van der Waals surface area contributed by atoms with Crippen molar-refractivity contribution in [1.29, 1.82) is 0 Å². The van der Waals surface area contributed by atoms with Crippen molar-refractivity contribution in [1.82, 2.24) is 14.8 Å². The molecule has 4 rings (SSSR count). The third-order valence-electron chi connectivity index (χ3n) is 5.49. The van der Waals surface area contributed by atoms with Crippen LogP contribution in [-0.2, 0) is 22.6 Å². The Morgan fingerprint density at radius 1 is 1.15 bits per heavy atom. The SMILES string of the molecule is C[C@@]12CN(Cc3ccccn3)CC[C@H]1N(Cc1ccccc1)C(=O)CO2.